The summed E-state index contributed by atoms with van der Waals surface area (Å²) in [5.74, 6) is 1.14. The van der Waals surface area contributed by atoms with Gasteiger partial charge in [-0.05, 0) is 43.9 Å². The molecule has 0 amide bonds. The third-order valence-corrected chi connectivity index (χ3v) is 3.69. The molecule has 3 heteroatoms. The smallest absolute Gasteiger partial charge is 0.129 e. The zero-order valence-electron chi connectivity index (χ0n) is 11.6. The van der Waals surface area contributed by atoms with Crippen LogP contribution in [-0.2, 0) is 0 Å². The van der Waals surface area contributed by atoms with E-state index in [0.29, 0.717) is 11.8 Å². The highest BCUT2D eigenvalue weighted by Crippen LogP contribution is 2.28. The molecule has 0 spiro atoms. The second kappa shape index (κ2) is 7.25. The van der Waals surface area contributed by atoms with Crippen molar-refractivity contribution in [2.75, 3.05) is 7.05 Å². The molecule has 2 atom stereocenters. The van der Waals surface area contributed by atoms with Crippen molar-refractivity contribution in [2.45, 2.75) is 39.7 Å². The number of hydrogen-bond acceptors (Lipinski definition) is 1. The number of benzene rings is 1. The summed E-state index contributed by atoms with van der Waals surface area (Å²) in [6.45, 7) is 6.69. The molecule has 0 bridgehead atoms. The summed E-state index contributed by atoms with van der Waals surface area (Å²) >= 11 is 3.29. The number of rotatable bonds is 6. The maximum Gasteiger partial charge on any atom is 0.129 e. The van der Waals surface area contributed by atoms with Crippen molar-refractivity contribution in [1.82, 2.24) is 5.32 Å². The van der Waals surface area contributed by atoms with E-state index >= 15 is 0 Å². The van der Waals surface area contributed by atoms with Gasteiger partial charge in [0.2, 0.25) is 0 Å². The highest BCUT2D eigenvalue weighted by molar-refractivity contribution is 9.10. The molecular weight excluding hydrogens is 293 g/mol. The predicted molar refractivity (Wildman–Crippen MR) is 79.1 cm³/mol. The summed E-state index contributed by atoms with van der Waals surface area (Å²) in [7, 11) is 1.90. The second-order valence-electron chi connectivity index (χ2n) is 5.48. The monoisotopic (exact) mass is 315 g/mol. The van der Waals surface area contributed by atoms with E-state index in [2.05, 4.69) is 42.0 Å². The summed E-state index contributed by atoms with van der Waals surface area (Å²) in [5, 5.41) is 3.23. The van der Waals surface area contributed by atoms with E-state index in [1.807, 2.05) is 19.2 Å². The fraction of sp³-hybridized carbons (Fsp3) is 0.600. The van der Waals surface area contributed by atoms with Crippen molar-refractivity contribution in [3.8, 4) is 0 Å². The lowest BCUT2D eigenvalue weighted by atomic mass is 9.90. The molecule has 0 fully saturated rings. The van der Waals surface area contributed by atoms with Crippen molar-refractivity contribution in [1.29, 1.82) is 0 Å². The normalized spacial score (nSPS) is 14.8. The minimum Gasteiger partial charge on any atom is -0.313 e. The Morgan fingerprint density at radius 3 is 2.39 bits per heavy atom. The molecule has 18 heavy (non-hydrogen) atoms. The van der Waals surface area contributed by atoms with Crippen molar-refractivity contribution in [2.24, 2.45) is 11.8 Å². The lowest BCUT2D eigenvalue weighted by Gasteiger charge is -2.22. The summed E-state index contributed by atoms with van der Waals surface area (Å²) in [6.07, 6.45) is 2.14. The van der Waals surface area contributed by atoms with Crippen LogP contribution in [0.25, 0.3) is 0 Å². The number of nitrogens with one attached hydrogen (secondary N) is 1. The lowest BCUT2D eigenvalue weighted by Crippen LogP contribution is -2.20. The highest BCUT2D eigenvalue weighted by atomic mass is 79.9. The van der Waals surface area contributed by atoms with Crippen LogP contribution in [0, 0.1) is 17.7 Å². The Morgan fingerprint density at radius 1 is 1.22 bits per heavy atom. The molecule has 1 nitrogen and oxygen atoms in total. The van der Waals surface area contributed by atoms with Crippen LogP contribution in [0.5, 0.6) is 0 Å². The second-order valence-corrected chi connectivity index (χ2v) is 6.39. The molecule has 0 radical (unpaired) electrons. The van der Waals surface area contributed by atoms with Crippen molar-refractivity contribution in [3.63, 3.8) is 0 Å². The molecule has 1 aromatic rings. The van der Waals surface area contributed by atoms with Crippen molar-refractivity contribution >= 4 is 15.9 Å². The first kappa shape index (κ1) is 15.6. The molecule has 0 saturated heterocycles. The molecule has 0 saturated carbocycles. The molecule has 102 valence electrons. The summed E-state index contributed by atoms with van der Waals surface area (Å²) in [6, 6.07) is 5.39. The minimum absolute atomic E-state index is 0.0897. The average molecular weight is 316 g/mol. The molecule has 1 aromatic carbocycles. The highest BCUT2D eigenvalue weighted by Gasteiger charge is 2.17. The van der Waals surface area contributed by atoms with Crippen LogP contribution in [0.15, 0.2) is 22.7 Å². The SMILES string of the molecule is CNC(CC(C)CC(C)C)c1ccc(Br)cc1F. The van der Waals surface area contributed by atoms with Crippen LogP contribution in [-0.4, -0.2) is 7.05 Å². The van der Waals surface area contributed by atoms with Gasteiger partial charge in [-0.1, -0.05) is 42.8 Å². The van der Waals surface area contributed by atoms with E-state index in [0.717, 1.165) is 16.5 Å². The predicted octanol–water partition coefficient (Wildman–Crippen LogP) is 4.92. The van der Waals surface area contributed by atoms with Gasteiger partial charge in [0.1, 0.15) is 5.82 Å². The van der Waals surface area contributed by atoms with Gasteiger partial charge in [-0.2, -0.15) is 0 Å². The van der Waals surface area contributed by atoms with Crippen LogP contribution in [0.1, 0.15) is 45.2 Å². The molecule has 1 rings (SSSR count). The van der Waals surface area contributed by atoms with Crippen molar-refractivity contribution < 1.29 is 4.39 Å². The fourth-order valence-corrected chi connectivity index (χ4v) is 2.82. The van der Waals surface area contributed by atoms with Crippen LogP contribution in [0.4, 0.5) is 4.39 Å². The lowest BCUT2D eigenvalue weighted by molar-refractivity contribution is 0.361. The Morgan fingerprint density at radius 2 is 1.89 bits per heavy atom. The van der Waals surface area contributed by atoms with Gasteiger partial charge in [-0.15, -0.1) is 0 Å². The Bertz CT molecular complexity index is 379. The third-order valence-electron chi connectivity index (χ3n) is 3.20. The van der Waals surface area contributed by atoms with Gasteiger partial charge >= 0.3 is 0 Å². The van der Waals surface area contributed by atoms with Gasteiger partial charge in [0.25, 0.3) is 0 Å². The third kappa shape index (κ3) is 4.69. The summed E-state index contributed by atoms with van der Waals surface area (Å²) < 4.78 is 14.7. The molecule has 0 aromatic heterocycles. The first-order valence-corrected chi connectivity index (χ1v) is 7.35. The molecule has 0 aliphatic rings. The van der Waals surface area contributed by atoms with Gasteiger partial charge in [-0.25, -0.2) is 4.39 Å². The Kier molecular flexibility index (Phi) is 6.30. The minimum atomic E-state index is -0.138. The largest absolute Gasteiger partial charge is 0.313 e. The molecule has 0 aliphatic heterocycles. The average Bonchev–Trinajstić information content (AvgIpc) is 2.25. The standard InChI is InChI=1S/C15H23BrFN/c1-10(2)7-11(3)8-15(18-4)13-6-5-12(16)9-14(13)17/h5-6,9-11,15,18H,7-8H2,1-4H3. The molecular formula is C15H23BrFN. The van der Waals surface area contributed by atoms with Crippen LogP contribution < -0.4 is 5.32 Å². The van der Waals surface area contributed by atoms with Crippen LogP contribution in [0.3, 0.4) is 0 Å². The Labute approximate surface area is 118 Å². The molecule has 0 heterocycles. The Hall–Kier alpha value is -0.410. The van der Waals surface area contributed by atoms with Crippen molar-refractivity contribution in [3.05, 3.63) is 34.1 Å². The maximum atomic E-state index is 13.9. The van der Waals surface area contributed by atoms with E-state index in [1.54, 1.807) is 0 Å². The quantitative estimate of drug-likeness (QED) is 0.785. The van der Waals surface area contributed by atoms with Gasteiger partial charge in [-0.3, -0.25) is 0 Å². The van der Waals surface area contributed by atoms with E-state index < -0.39 is 0 Å². The zero-order valence-corrected chi connectivity index (χ0v) is 13.2. The first-order valence-electron chi connectivity index (χ1n) is 6.56. The molecule has 1 N–H and O–H groups in total. The number of hydrogen-bond donors (Lipinski definition) is 1. The van der Waals surface area contributed by atoms with E-state index in [-0.39, 0.29) is 11.9 Å². The van der Waals surface area contributed by atoms with E-state index in [1.165, 1.54) is 12.5 Å². The van der Waals surface area contributed by atoms with Crippen LogP contribution in [0.2, 0.25) is 0 Å². The van der Waals surface area contributed by atoms with E-state index in [4.69, 9.17) is 0 Å². The number of halogens is 2. The van der Waals surface area contributed by atoms with Crippen LogP contribution >= 0.6 is 15.9 Å². The first-order chi connectivity index (χ1) is 8.43. The molecule has 2 unspecified atom stereocenters. The summed E-state index contributed by atoms with van der Waals surface area (Å²) in [4.78, 5) is 0. The summed E-state index contributed by atoms with van der Waals surface area (Å²) in [5.41, 5.74) is 0.760. The van der Waals surface area contributed by atoms with Gasteiger partial charge in [0.05, 0.1) is 0 Å². The van der Waals surface area contributed by atoms with Gasteiger partial charge in [0.15, 0.2) is 0 Å². The van der Waals surface area contributed by atoms with Gasteiger partial charge in [0, 0.05) is 16.1 Å². The topological polar surface area (TPSA) is 12.0 Å². The fourth-order valence-electron chi connectivity index (χ4n) is 2.49. The van der Waals surface area contributed by atoms with Gasteiger partial charge < -0.3 is 5.32 Å². The molecule has 0 aliphatic carbocycles. The maximum absolute atomic E-state index is 13.9. The Balaban J connectivity index is 2.76. The van der Waals surface area contributed by atoms with E-state index in [9.17, 15) is 4.39 Å². The zero-order chi connectivity index (χ0) is 13.7.